The van der Waals surface area contributed by atoms with Crippen LogP contribution in [0.2, 0.25) is 0 Å². The minimum atomic E-state index is 0.224. The van der Waals surface area contributed by atoms with Crippen molar-refractivity contribution in [3.63, 3.8) is 0 Å². The Labute approximate surface area is 97.0 Å². The summed E-state index contributed by atoms with van der Waals surface area (Å²) in [5, 5.41) is 4.79. The Hall–Kier alpha value is -0.0400. The van der Waals surface area contributed by atoms with E-state index in [0.29, 0.717) is 0 Å². The van der Waals surface area contributed by atoms with E-state index in [9.17, 15) is 0 Å². The van der Waals surface area contributed by atoms with E-state index < -0.39 is 0 Å². The largest absolute Gasteiger partial charge is 0.236 e. The third-order valence-corrected chi connectivity index (χ3v) is 2.94. The fraction of sp³-hybridized carbons (Fsp3) is 1.00. The standard InChI is InChI=1S/C14H30N/c1-5-7-9-10-12-14(3,4)15-13-11-8-6-2/h5-13H2,1-4H3. The summed E-state index contributed by atoms with van der Waals surface area (Å²) in [4.78, 5) is 0. The molecule has 0 unspecified atom stereocenters. The molecule has 1 nitrogen and oxygen atoms in total. The molecule has 0 saturated carbocycles. The van der Waals surface area contributed by atoms with E-state index in [-0.39, 0.29) is 5.54 Å². The average molecular weight is 212 g/mol. The van der Waals surface area contributed by atoms with Gasteiger partial charge in [0.25, 0.3) is 0 Å². The van der Waals surface area contributed by atoms with Crippen LogP contribution in [0.5, 0.6) is 0 Å². The summed E-state index contributed by atoms with van der Waals surface area (Å²) in [6, 6.07) is 0. The summed E-state index contributed by atoms with van der Waals surface area (Å²) in [6.07, 6.45) is 10.6. The maximum atomic E-state index is 4.79. The lowest BCUT2D eigenvalue weighted by molar-refractivity contribution is 0.336. The van der Waals surface area contributed by atoms with Crippen LogP contribution in [0.25, 0.3) is 0 Å². The third kappa shape index (κ3) is 10.2. The van der Waals surface area contributed by atoms with Crippen molar-refractivity contribution in [3.8, 4) is 0 Å². The number of nitrogens with zero attached hydrogens (tertiary/aromatic N) is 1. The third-order valence-electron chi connectivity index (χ3n) is 2.94. The highest BCUT2D eigenvalue weighted by Gasteiger charge is 2.16. The molecule has 1 radical (unpaired) electrons. The summed E-state index contributed by atoms with van der Waals surface area (Å²) in [5.41, 5.74) is 0.224. The van der Waals surface area contributed by atoms with E-state index in [1.807, 2.05) is 0 Å². The SMILES string of the molecule is CCCCCCC(C)(C)[N]CCCCC. The van der Waals surface area contributed by atoms with Crippen LogP contribution in [0.3, 0.4) is 0 Å². The maximum absolute atomic E-state index is 4.79. The van der Waals surface area contributed by atoms with Gasteiger partial charge in [-0.3, -0.25) is 0 Å². The molecule has 0 fully saturated rings. The summed E-state index contributed by atoms with van der Waals surface area (Å²) in [6.45, 7) is 10.1. The first-order valence-corrected chi connectivity index (χ1v) is 6.81. The van der Waals surface area contributed by atoms with E-state index in [2.05, 4.69) is 27.7 Å². The molecule has 0 aromatic heterocycles. The van der Waals surface area contributed by atoms with Crippen molar-refractivity contribution in [1.82, 2.24) is 5.32 Å². The second-order valence-electron chi connectivity index (χ2n) is 5.21. The van der Waals surface area contributed by atoms with Crippen LogP contribution < -0.4 is 5.32 Å². The molecule has 0 amide bonds. The van der Waals surface area contributed by atoms with Gasteiger partial charge in [0.2, 0.25) is 0 Å². The molecule has 91 valence electrons. The fourth-order valence-corrected chi connectivity index (χ4v) is 1.81. The molecule has 0 rings (SSSR count). The van der Waals surface area contributed by atoms with E-state index in [1.54, 1.807) is 0 Å². The zero-order valence-electron chi connectivity index (χ0n) is 11.3. The minimum Gasteiger partial charge on any atom is -0.236 e. The molecule has 0 aliphatic rings. The van der Waals surface area contributed by atoms with Crippen molar-refractivity contribution >= 4 is 0 Å². The first kappa shape index (κ1) is 15.0. The lowest BCUT2D eigenvalue weighted by atomic mass is 9.96. The van der Waals surface area contributed by atoms with Gasteiger partial charge in [-0.25, -0.2) is 5.32 Å². The Kier molecular flexibility index (Phi) is 9.18. The molecule has 1 heteroatoms. The maximum Gasteiger partial charge on any atom is 0.0300 e. The summed E-state index contributed by atoms with van der Waals surface area (Å²) in [5.74, 6) is 0. The number of rotatable bonds is 10. The van der Waals surface area contributed by atoms with Crippen molar-refractivity contribution in [2.75, 3.05) is 6.54 Å². The molecule has 0 aliphatic carbocycles. The van der Waals surface area contributed by atoms with Gasteiger partial charge >= 0.3 is 0 Å². The average Bonchev–Trinajstić information content (AvgIpc) is 2.20. The Morgan fingerprint density at radius 2 is 1.40 bits per heavy atom. The second-order valence-corrected chi connectivity index (χ2v) is 5.21. The highest BCUT2D eigenvalue weighted by molar-refractivity contribution is 4.76. The lowest BCUT2D eigenvalue weighted by Gasteiger charge is -2.24. The van der Waals surface area contributed by atoms with Crippen LogP contribution in [-0.2, 0) is 0 Å². The number of hydrogen-bond acceptors (Lipinski definition) is 0. The van der Waals surface area contributed by atoms with Gasteiger partial charge in [0.15, 0.2) is 0 Å². The first-order chi connectivity index (χ1) is 7.12. The molecular weight excluding hydrogens is 182 g/mol. The molecule has 0 aliphatic heterocycles. The van der Waals surface area contributed by atoms with Crippen LogP contribution in [0.15, 0.2) is 0 Å². The van der Waals surface area contributed by atoms with Crippen LogP contribution in [0.4, 0.5) is 0 Å². The van der Waals surface area contributed by atoms with Gasteiger partial charge in [-0.05, 0) is 26.7 Å². The number of unbranched alkanes of at least 4 members (excludes halogenated alkanes) is 5. The Morgan fingerprint density at radius 1 is 0.800 bits per heavy atom. The molecule has 0 aromatic carbocycles. The Balaban J connectivity index is 3.40. The van der Waals surface area contributed by atoms with E-state index in [1.165, 1.54) is 51.4 Å². The van der Waals surface area contributed by atoms with Crippen molar-refractivity contribution in [2.24, 2.45) is 0 Å². The van der Waals surface area contributed by atoms with Crippen molar-refractivity contribution < 1.29 is 0 Å². The van der Waals surface area contributed by atoms with Gasteiger partial charge < -0.3 is 0 Å². The lowest BCUT2D eigenvalue weighted by Crippen LogP contribution is -2.33. The van der Waals surface area contributed by atoms with Gasteiger partial charge in [0.05, 0.1) is 0 Å². The molecule has 0 saturated heterocycles. The van der Waals surface area contributed by atoms with Gasteiger partial charge in [0, 0.05) is 12.1 Å². The van der Waals surface area contributed by atoms with Gasteiger partial charge in [-0.2, -0.15) is 0 Å². The molecular formula is C14H30N. The monoisotopic (exact) mass is 212 g/mol. The summed E-state index contributed by atoms with van der Waals surface area (Å²) in [7, 11) is 0. The van der Waals surface area contributed by atoms with Crippen molar-refractivity contribution in [1.29, 1.82) is 0 Å². The topological polar surface area (TPSA) is 14.1 Å². The van der Waals surface area contributed by atoms with E-state index in [4.69, 9.17) is 5.32 Å². The van der Waals surface area contributed by atoms with Gasteiger partial charge in [-0.1, -0.05) is 52.4 Å². The predicted molar refractivity (Wildman–Crippen MR) is 69.4 cm³/mol. The Bertz CT molecular complexity index is 115. The highest BCUT2D eigenvalue weighted by Crippen LogP contribution is 2.16. The normalized spacial score (nSPS) is 12.0. The second kappa shape index (κ2) is 9.21. The first-order valence-electron chi connectivity index (χ1n) is 6.81. The zero-order chi connectivity index (χ0) is 11.6. The summed E-state index contributed by atoms with van der Waals surface area (Å²) >= 11 is 0. The summed E-state index contributed by atoms with van der Waals surface area (Å²) < 4.78 is 0. The van der Waals surface area contributed by atoms with Gasteiger partial charge in [0.1, 0.15) is 0 Å². The molecule has 0 bridgehead atoms. The smallest absolute Gasteiger partial charge is 0.0300 e. The number of hydrogen-bond donors (Lipinski definition) is 0. The fourth-order valence-electron chi connectivity index (χ4n) is 1.81. The van der Waals surface area contributed by atoms with Crippen molar-refractivity contribution in [2.45, 2.75) is 84.6 Å². The highest BCUT2D eigenvalue weighted by atomic mass is 14.9. The van der Waals surface area contributed by atoms with Crippen LogP contribution in [0.1, 0.15) is 79.1 Å². The Morgan fingerprint density at radius 3 is 2.00 bits per heavy atom. The zero-order valence-corrected chi connectivity index (χ0v) is 11.3. The van der Waals surface area contributed by atoms with Crippen LogP contribution in [0, 0.1) is 0 Å². The molecule has 0 N–H and O–H groups in total. The molecule has 0 aromatic rings. The molecule has 0 heterocycles. The quantitative estimate of drug-likeness (QED) is 0.472. The van der Waals surface area contributed by atoms with Crippen molar-refractivity contribution in [3.05, 3.63) is 0 Å². The van der Waals surface area contributed by atoms with Crippen LogP contribution in [-0.4, -0.2) is 12.1 Å². The predicted octanol–water partition coefficient (Wildman–Crippen LogP) is 4.53. The molecule has 0 spiro atoms. The van der Waals surface area contributed by atoms with Crippen LogP contribution >= 0.6 is 0 Å². The minimum absolute atomic E-state index is 0.224. The van der Waals surface area contributed by atoms with E-state index in [0.717, 1.165) is 6.54 Å². The van der Waals surface area contributed by atoms with E-state index >= 15 is 0 Å². The molecule has 15 heavy (non-hydrogen) atoms. The van der Waals surface area contributed by atoms with Gasteiger partial charge in [-0.15, -0.1) is 0 Å². The molecule has 0 atom stereocenters.